The van der Waals surface area contributed by atoms with Crippen molar-refractivity contribution in [2.75, 3.05) is 0 Å². The lowest BCUT2D eigenvalue weighted by Gasteiger charge is -1.98. The number of carbonyl (C=O) groups excluding carboxylic acids is 2. The third kappa shape index (κ3) is 5.46. The molecule has 2 aromatic rings. The highest BCUT2D eigenvalue weighted by Gasteiger charge is 2.04. The Morgan fingerprint density at radius 1 is 0.708 bits per heavy atom. The number of benzene rings is 2. The Kier molecular flexibility index (Phi) is 5.52. The van der Waals surface area contributed by atoms with E-state index in [1.807, 2.05) is 0 Å². The number of ketones is 2. The zero-order valence-electron chi connectivity index (χ0n) is 12.7. The van der Waals surface area contributed by atoms with Gasteiger partial charge in [0.15, 0.2) is 11.6 Å². The van der Waals surface area contributed by atoms with Crippen molar-refractivity contribution in [2.45, 2.75) is 6.42 Å². The highest BCUT2D eigenvalue weighted by Crippen LogP contribution is 2.21. The van der Waals surface area contributed by atoms with Crippen molar-refractivity contribution in [1.29, 1.82) is 0 Å². The van der Waals surface area contributed by atoms with E-state index < -0.39 is 5.78 Å². The van der Waals surface area contributed by atoms with E-state index in [9.17, 15) is 19.8 Å². The number of carbonyl (C=O) groups is 2. The third-order valence-corrected chi connectivity index (χ3v) is 3.09. The van der Waals surface area contributed by atoms with Gasteiger partial charge in [0.2, 0.25) is 0 Å². The predicted octanol–water partition coefficient (Wildman–Crippen LogP) is 3.06. The van der Waals surface area contributed by atoms with Crippen LogP contribution in [0.2, 0.25) is 0 Å². The van der Waals surface area contributed by atoms with E-state index in [4.69, 9.17) is 5.11 Å². The quantitative estimate of drug-likeness (QED) is 0.561. The monoisotopic (exact) mass is 324 g/mol. The van der Waals surface area contributed by atoms with E-state index in [1.165, 1.54) is 48.6 Å². The second kappa shape index (κ2) is 7.78. The summed E-state index contributed by atoms with van der Waals surface area (Å²) in [6.07, 6.45) is 5.22. The van der Waals surface area contributed by atoms with E-state index in [2.05, 4.69) is 0 Å². The zero-order chi connectivity index (χ0) is 17.5. The third-order valence-electron chi connectivity index (χ3n) is 3.09. The Balaban J connectivity index is 1.92. The molecular weight excluding hydrogens is 308 g/mol. The molecule has 24 heavy (non-hydrogen) atoms. The van der Waals surface area contributed by atoms with Crippen LogP contribution >= 0.6 is 0 Å². The van der Waals surface area contributed by atoms with Gasteiger partial charge in [-0.25, -0.2) is 0 Å². The lowest BCUT2D eigenvalue weighted by molar-refractivity contribution is -0.121. The highest BCUT2D eigenvalue weighted by atomic mass is 16.3. The summed E-state index contributed by atoms with van der Waals surface area (Å²) < 4.78 is 0. The maximum Gasteiger partial charge on any atom is 0.163 e. The molecular formula is C19H16O5. The zero-order valence-corrected chi connectivity index (χ0v) is 12.7. The van der Waals surface area contributed by atoms with Gasteiger partial charge in [-0.15, -0.1) is 0 Å². The molecule has 122 valence electrons. The van der Waals surface area contributed by atoms with Crippen LogP contribution in [0.3, 0.4) is 0 Å². The van der Waals surface area contributed by atoms with Gasteiger partial charge in [-0.3, -0.25) is 9.59 Å². The number of allylic oxidation sites excluding steroid dienone is 2. The van der Waals surface area contributed by atoms with Crippen molar-refractivity contribution in [3.05, 3.63) is 65.7 Å². The van der Waals surface area contributed by atoms with Crippen LogP contribution in [0.4, 0.5) is 0 Å². The molecule has 0 spiro atoms. The molecule has 0 atom stereocenters. The number of phenols is 3. The molecule has 0 aromatic heterocycles. The summed E-state index contributed by atoms with van der Waals surface area (Å²) >= 11 is 0. The van der Waals surface area contributed by atoms with Crippen LogP contribution in [0.1, 0.15) is 17.5 Å². The van der Waals surface area contributed by atoms with Gasteiger partial charge < -0.3 is 15.3 Å². The van der Waals surface area contributed by atoms with E-state index in [-0.39, 0.29) is 29.5 Å². The van der Waals surface area contributed by atoms with Gasteiger partial charge in [-0.1, -0.05) is 24.3 Å². The SMILES string of the molecule is O=C(/C=C/c1ccc(O)cc1)CC(=O)/C=C/c1cc(O)cc(O)c1. The normalized spacial score (nSPS) is 11.2. The fraction of sp³-hybridized carbons (Fsp3) is 0.0526. The fourth-order valence-electron chi connectivity index (χ4n) is 1.97. The first-order valence-corrected chi connectivity index (χ1v) is 7.16. The Bertz CT molecular complexity index is 781. The number of rotatable bonds is 6. The van der Waals surface area contributed by atoms with Crippen LogP contribution in [0.15, 0.2) is 54.6 Å². The average Bonchev–Trinajstić information content (AvgIpc) is 2.51. The van der Waals surface area contributed by atoms with E-state index >= 15 is 0 Å². The average molecular weight is 324 g/mol. The summed E-state index contributed by atoms with van der Waals surface area (Å²) in [7, 11) is 0. The molecule has 5 heteroatoms. The first-order chi connectivity index (χ1) is 11.4. The molecule has 3 N–H and O–H groups in total. The van der Waals surface area contributed by atoms with Crippen molar-refractivity contribution in [3.63, 3.8) is 0 Å². The lowest BCUT2D eigenvalue weighted by atomic mass is 10.1. The van der Waals surface area contributed by atoms with Crippen molar-refractivity contribution in [2.24, 2.45) is 0 Å². The summed E-state index contributed by atoms with van der Waals surface area (Å²) in [5, 5.41) is 27.9. The molecule has 0 saturated heterocycles. The molecule has 5 nitrogen and oxygen atoms in total. The van der Waals surface area contributed by atoms with Gasteiger partial charge in [0.1, 0.15) is 17.2 Å². The van der Waals surface area contributed by atoms with Crippen LogP contribution in [-0.4, -0.2) is 26.9 Å². The van der Waals surface area contributed by atoms with Gasteiger partial charge in [0, 0.05) is 6.07 Å². The number of hydrogen-bond donors (Lipinski definition) is 3. The molecule has 0 aliphatic rings. The molecule has 0 unspecified atom stereocenters. The van der Waals surface area contributed by atoms with E-state index in [0.29, 0.717) is 5.56 Å². The largest absolute Gasteiger partial charge is 0.508 e. The number of aromatic hydroxyl groups is 3. The molecule has 0 aliphatic heterocycles. The molecule has 0 radical (unpaired) electrons. The Hall–Kier alpha value is -3.34. The Morgan fingerprint density at radius 2 is 1.21 bits per heavy atom. The maximum atomic E-state index is 11.8. The van der Waals surface area contributed by atoms with Crippen molar-refractivity contribution < 1.29 is 24.9 Å². The molecule has 2 rings (SSSR count). The van der Waals surface area contributed by atoms with Crippen molar-refractivity contribution in [3.8, 4) is 17.2 Å². The smallest absolute Gasteiger partial charge is 0.163 e. The van der Waals surface area contributed by atoms with Gasteiger partial charge in [0.05, 0.1) is 6.42 Å². The number of hydrogen-bond acceptors (Lipinski definition) is 5. The summed E-state index contributed by atoms with van der Waals surface area (Å²) in [6, 6.07) is 10.2. The van der Waals surface area contributed by atoms with Crippen LogP contribution in [0, 0.1) is 0 Å². The first kappa shape index (κ1) is 17.0. The van der Waals surface area contributed by atoms with Gasteiger partial charge >= 0.3 is 0 Å². The maximum absolute atomic E-state index is 11.8. The molecule has 0 amide bonds. The lowest BCUT2D eigenvalue weighted by Crippen LogP contribution is -2.01. The molecule has 0 saturated carbocycles. The summed E-state index contributed by atoms with van der Waals surface area (Å²) in [4.78, 5) is 23.5. The van der Waals surface area contributed by atoms with Crippen LogP contribution in [0.25, 0.3) is 12.2 Å². The van der Waals surface area contributed by atoms with Crippen LogP contribution in [-0.2, 0) is 9.59 Å². The Labute approximate surface area is 138 Å². The minimum atomic E-state index is -0.391. The highest BCUT2D eigenvalue weighted by molar-refractivity contribution is 6.10. The first-order valence-electron chi connectivity index (χ1n) is 7.16. The summed E-state index contributed by atoms with van der Waals surface area (Å²) in [5.74, 6) is -0.837. The molecule has 0 bridgehead atoms. The minimum Gasteiger partial charge on any atom is -0.508 e. The predicted molar refractivity (Wildman–Crippen MR) is 90.6 cm³/mol. The molecule has 0 aliphatic carbocycles. The second-order valence-corrected chi connectivity index (χ2v) is 5.15. The van der Waals surface area contributed by atoms with Crippen LogP contribution in [0.5, 0.6) is 17.2 Å². The second-order valence-electron chi connectivity index (χ2n) is 5.15. The summed E-state index contributed by atoms with van der Waals surface area (Å²) in [6.45, 7) is 0. The van der Waals surface area contributed by atoms with Crippen molar-refractivity contribution in [1.82, 2.24) is 0 Å². The minimum absolute atomic E-state index is 0.116. The van der Waals surface area contributed by atoms with Crippen LogP contribution < -0.4 is 0 Å². The molecule has 0 fully saturated rings. The molecule has 2 aromatic carbocycles. The van der Waals surface area contributed by atoms with E-state index in [0.717, 1.165) is 5.56 Å². The van der Waals surface area contributed by atoms with E-state index in [1.54, 1.807) is 18.2 Å². The molecule has 0 heterocycles. The van der Waals surface area contributed by atoms with Gasteiger partial charge in [-0.05, 0) is 47.5 Å². The summed E-state index contributed by atoms with van der Waals surface area (Å²) in [5.41, 5.74) is 1.19. The fourth-order valence-corrected chi connectivity index (χ4v) is 1.97. The van der Waals surface area contributed by atoms with Gasteiger partial charge in [-0.2, -0.15) is 0 Å². The number of phenolic OH excluding ortho intramolecular Hbond substituents is 3. The Morgan fingerprint density at radius 3 is 1.75 bits per heavy atom. The van der Waals surface area contributed by atoms with Crippen molar-refractivity contribution >= 4 is 23.7 Å². The van der Waals surface area contributed by atoms with Gasteiger partial charge in [0.25, 0.3) is 0 Å². The topological polar surface area (TPSA) is 94.8 Å². The standard InChI is InChI=1S/C19H16O5/c20-15-5-1-13(2-6-15)3-7-16(21)11-17(22)8-4-14-9-18(23)12-19(24)10-14/h1-10,12,20,23-24H,11H2/b7-3+,8-4+.